The lowest BCUT2D eigenvalue weighted by molar-refractivity contribution is 0.628. The molecule has 2 nitrogen and oxygen atoms in total. The van der Waals surface area contributed by atoms with Crippen LogP contribution in [0.1, 0.15) is 37.3 Å². The van der Waals surface area contributed by atoms with Gasteiger partial charge in [0.25, 0.3) is 0 Å². The number of nitrogens with zero attached hydrogens (tertiary/aromatic N) is 1. The van der Waals surface area contributed by atoms with Gasteiger partial charge in [0, 0.05) is 33.3 Å². The van der Waals surface area contributed by atoms with Crippen LogP contribution in [0.2, 0.25) is 0 Å². The van der Waals surface area contributed by atoms with Crippen molar-refractivity contribution in [2.45, 2.75) is 31.6 Å². The summed E-state index contributed by atoms with van der Waals surface area (Å²) in [7, 11) is 1.88. The normalized spacial score (nSPS) is 16.2. The van der Waals surface area contributed by atoms with Gasteiger partial charge in [-0.15, -0.1) is 0 Å². The molecule has 1 aromatic heterocycles. The number of hydrogen-bond acceptors (Lipinski definition) is 2. The van der Waals surface area contributed by atoms with E-state index in [0.717, 1.165) is 25.9 Å². The lowest BCUT2D eigenvalue weighted by Gasteiger charge is -2.14. The highest BCUT2D eigenvalue weighted by Gasteiger charge is 2.20. The Bertz CT molecular complexity index is 621. The molecule has 1 heterocycles. The van der Waals surface area contributed by atoms with Gasteiger partial charge in [0.15, 0.2) is 0 Å². The topological polar surface area (TPSA) is 24.9 Å². The second-order valence-electron chi connectivity index (χ2n) is 5.11. The third-order valence-electron chi connectivity index (χ3n) is 3.89. The molecular formula is C15H16FIN2. The molecule has 1 aromatic carbocycles. The molecule has 100 valence electrons. The average Bonchev–Trinajstić information content (AvgIpc) is 2.91. The van der Waals surface area contributed by atoms with E-state index in [-0.39, 0.29) is 5.82 Å². The van der Waals surface area contributed by atoms with Gasteiger partial charge in [-0.2, -0.15) is 0 Å². The molecule has 19 heavy (non-hydrogen) atoms. The van der Waals surface area contributed by atoms with Crippen molar-refractivity contribution < 1.29 is 4.39 Å². The molecule has 0 aliphatic heterocycles. The van der Waals surface area contributed by atoms with Crippen LogP contribution in [0.3, 0.4) is 0 Å². The smallest absolute Gasteiger partial charge is 0.125 e. The fourth-order valence-electron chi connectivity index (χ4n) is 2.91. The van der Waals surface area contributed by atoms with Gasteiger partial charge in [-0.3, -0.25) is 4.98 Å². The first-order valence-electron chi connectivity index (χ1n) is 6.66. The Labute approximate surface area is 125 Å². The van der Waals surface area contributed by atoms with E-state index >= 15 is 0 Å². The highest BCUT2D eigenvalue weighted by molar-refractivity contribution is 14.1. The van der Waals surface area contributed by atoms with Crippen molar-refractivity contribution in [1.82, 2.24) is 4.98 Å². The van der Waals surface area contributed by atoms with Crippen LogP contribution in [0.15, 0.2) is 18.2 Å². The van der Waals surface area contributed by atoms with Crippen molar-refractivity contribution in [3.05, 3.63) is 33.3 Å². The van der Waals surface area contributed by atoms with E-state index in [4.69, 9.17) is 4.98 Å². The highest BCUT2D eigenvalue weighted by Crippen LogP contribution is 2.36. The molecule has 1 saturated carbocycles. The molecule has 4 heteroatoms. The second kappa shape index (κ2) is 5.23. The van der Waals surface area contributed by atoms with Crippen LogP contribution in [-0.2, 0) is 0 Å². The quantitative estimate of drug-likeness (QED) is 0.777. The summed E-state index contributed by atoms with van der Waals surface area (Å²) < 4.78 is 14.4. The van der Waals surface area contributed by atoms with Gasteiger partial charge in [-0.05, 0) is 53.6 Å². The molecule has 3 rings (SSSR count). The van der Waals surface area contributed by atoms with E-state index < -0.39 is 0 Å². The summed E-state index contributed by atoms with van der Waals surface area (Å²) in [5.74, 6) is 0.362. The molecule has 2 aromatic rings. The number of rotatable bonds is 2. The predicted octanol–water partition coefficient (Wildman–Crippen LogP) is 4.68. The van der Waals surface area contributed by atoms with Crippen LogP contribution in [0.5, 0.6) is 0 Å². The minimum absolute atomic E-state index is 0.205. The maximum atomic E-state index is 13.6. The Hall–Kier alpha value is -0.910. The summed E-state index contributed by atoms with van der Waals surface area (Å²) in [5.41, 5.74) is 3.04. The summed E-state index contributed by atoms with van der Waals surface area (Å²) in [6, 6.07) is 5.20. The number of anilines is 1. The first-order chi connectivity index (χ1) is 9.19. The number of aromatic nitrogens is 1. The van der Waals surface area contributed by atoms with Crippen molar-refractivity contribution in [3.8, 4) is 0 Å². The maximum Gasteiger partial charge on any atom is 0.125 e. The van der Waals surface area contributed by atoms with Gasteiger partial charge in [-0.1, -0.05) is 12.8 Å². The Morgan fingerprint density at radius 3 is 2.68 bits per heavy atom. The number of nitrogens with one attached hydrogen (secondary N) is 1. The average molecular weight is 370 g/mol. The zero-order valence-corrected chi connectivity index (χ0v) is 13.0. The number of hydrogen-bond donors (Lipinski definition) is 1. The van der Waals surface area contributed by atoms with E-state index in [2.05, 4.69) is 34.0 Å². The zero-order chi connectivity index (χ0) is 13.4. The molecule has 0 bridgehead atoms. The molecule has 0 radical (unpaired) electrons. The van der Waals surface area contributed by atoms with Crippen LogP contribution in [0.25, 0.3) is 10.9 Å². The van der Waals surface area contributed by atoms with E-state index in [1.807, 2.05) is 7.05 Å². The number of fused-ring (bicyclic) bond motifs is 1. The van der Waals surface area contributed by atoms with Gasteiger partial charge in [0.05, 0.1) is 5.52 Å². The molecule has 1 aliphatic carbocycles. The van der Waals surface area contributed by atoms with E-state index in [1.165, 1.54) is 25.7 Å². The molecule has 0 saturated heterocycles. The molecule has 1 aliphatic rings. The minimum atomic E-state index is -0.205. The molecule has 1 fully saturated rings. The Morgan fingerprint density at radius 1 is 1.26 bits per heavy atom. The lowest BCUT2D eigenvalue weighted by atomic mass is 10.0. The third-order valence-corrected chi connectivity index (χ3v) is 4.72. The zero-order valence-electron chi connectivity index (χ0n) is 10.8. The maximum absolute atomic E-state index is 13.6. The fourth-order valence-corrected chi connectivity index (χ4v) is 3.62. The van der Waals surface area contributed by atoms with Gasteiger partial charge in [0.1, 0.15) is 5.82 Å². The Morgan fingerprint density at radius 2 is 2.00 bits per heavy atom. The van der Waals surface area contributed by atoms with Gasteiger partial charge in [-0.25, -0.2) is 4.39 Å². The highest BCUT2D eigenvalue weighted by atomic mass is 127. The fraction of sp³-hybridized carbons (Fsp3) is 0.400. The van der Waals surface area contributed by atoms with Gasteiger partial charge in [0.2, 0.25) is 0 Å². The predicted molar refractivity (Wildman–Crippen MR) is 85.2 cm³/mol. The number of halogens is 2. The van der Waals surface area contributed by atoms with Crippen molar-refractivity contribution in [1.29, 1.82) is 0 Å². The largest absolute Gasteiger partial charge is 0.388 e. The number of pyridine rings is 1. The third kappa shape index (κ3) is 2.42. The van der Waals surface area contributed by atoms with Gasteiger partial charge < -0.3 is 5.32 Å². The summed E-state index contributed by atoms with van der Waals surface area (Å²) >= 11 is 2.17. The van der Waals surface area contributed by atoms with E-state index in [1.54, 1.807) is 12.1 Å². The van der Waals surface area contributed by atoms with Crippen LogP contribution in [0, 0.1) is 9.39 Å². The first kappa shape index (κ1) is 13.1. The summed E-state index contributed by atoms with van der Waals surface area (Å²) in [4.78, 5) is 4.79. The number of benzene rings is 1. The molecule has 0 unspecified atom stereocenters. The van der Waals surface area contributed by atoms with Crippen molar-refractivity contribution in [2.24, 2.45) is 0 Å². The minimum Gasteiger partial charge on any atom is -0.388 e. The molecule has 0 amide bonds. The van der Waals surface area contributed by atoms with Crippen LogP contribution in [0.4, 0.5) is 10.1 Å². The summed E-state index contributed by atoms with van der Waals surface area (Å²) in [5, 5.41) is 4.05. The monoisotopic (exact) mass is 370 g/mol. The summed E-state index contributed by atoms with van der Waals surface area (Å²) in [6.45, 7) is 0. The second-order valence-corrected chi connectivity index (χ2v) is 6.27. The lowest BCUT2D eigenvalue weighted by Crippen LogP contribution is -2.01. The van der Waals surface area contributed by atoms with E-state index in [9.17, 15) is 4.39 Å². The van der Waals surface area contributed by atoms with Crippen LogP contribution < -0.4 is 5.32 Å². The van der Waals surface area contributed by atoms with Crippen LogP contribution >= 0.6 is 22.6 Å². The van der Waals surface area contributed by atoms with Crippen molar-refractivity contribution in [3.63, 3.8) is 0 Å². The standard InChI is InChI=1S/C15H16FIN2/c1-18-14-8-13(9-4-2-3-5-9)19-15-11(14)6-10(16)7-12(15)17/h6-9H,2-5H2,1H3,(H,18,19). The Kier molecular flexibility index (Phi) is 3.60. The molecule has 1 N–H and O–H groups in total. The molecular weight excluding hydrogens is 354 g/mol. The SMILES string of the molecule is CNc1cc(C2CCCC2)nc2c(I)cc(F)cc12. The Balaban J connectivity index is 2.21. The first-order valence-corrected chi connectivity index (χ1v) is 7.74. The summed E-state index contributed by atoms with van der Waals surface area (Å²) in [6.07, 6.45) is 5.03. The molecule has 0 atom stereocenters. The van der Waals surface area contributed by atoms with E-state index in [0.29, 0.717) is 5.92 Å². The van der Waals surface area contributed by atoms with Crippen molar-refractivity contribution >= 4 is 39.2 Å². The van der Waals surface area contributed by atoms with Crippen molar-refractivity contribution in [2.75, 3.05) is 12.4 Å². The van der Waals surface area contributed by atoms with Crippen LogP contribution in [-0.4, -0.2) is 12.0 Å². The van der Waals surface area contributed by atoms with Gasteiger partial charge >= 0.3 is 0 Å². The molecule has 0 spiro atoms.